The average Bonchev–Trinajstić information content (AvgIpc) is 3.21. The first-order valence-corrected chi connectivity index (χ1v) is 8.07. The van der Waals surface area contributed by atoms with Crippen LogP contribution in [0.3, 0.4) is 0 Å². The van der Waals surface area contributed by atoms with Gasteiger partial charge in [0.1, 0.15) is 0 Å². The molecule has 3 aromatic rings. The summed E-state index contributed by atoms with van der Waals surface area (Å²) in [7, 11) is 0. The van der Waals surface area contributed by atoms with Crippen LogP contribution < -0.4 is 5.73 Å². The third kappa shape index (κ3) is 3.66. The van der Waals surface area contributed by atoms with E-state index in [9.17, 15) is 10.1 Å². The Morgan fingerprint density at radius 1 is 1.44 bits per heavy atom. The molecule has 2 heterocycles. The van der Waals surface area contributed by atoms with Gasteiger partial charge in [-0.2, -0.15) is 4.98 Å². The molecule has 3 rings (SSSR count). The first kappa shape index (κ1) is 16.6. The predicted octanol–water partition coefficient (Wildman–Crippen LogP) is 2.30. The number of non-ortho nitro benzene ring substituents is 1. The van der Waals surface area contributed by atoms with Gasteiger partial charge in [-0.15, -0.1) is 16.8 Å². The van der Waals surface area contributed by atoms with E-state index in [1.54, 1.807) is 22.8 Å². The molecule has 0 bridgehead atoms. The van der Waals surface area contributed by atoms with Gasteiger partial charge in [-0.3, -0.25) is 14.7 Å². The fraction of sp³-hybridized carbons (Fsp3) is 0.143. The summed E-state index contributed by atoms with van der Waals surface area (Å²) >= 11 is 1.33. The standard InChI is InChI=1S/C14H13N7O3S/c1-2-6-20-13(15)17-18-14(20)25-8-11-16-12(19-24-11)9-4-3-5-10(7-9)21(22)23/h2-5,7H,1,6,8H2,(H2,15,17). The summed E-state index contributed by atoms with van der Waals surface area (Å²) in [6.45, 7) is 4.15. The lowest BCUT2D eigenvalue weighted by atomic mass is 10.2. The molecule has 0 aliphatic carbocycles. The number of aromatic nitrogens is 5. The van der Waals surface area contributed by atoms with Gasteiger partial charge >= 0.3 is 0 Å². The second-order valence-electron chi connectivity index (χ2n) is 4.85. The topological polar surface area (TPSA) is 139 Å². The van der Waals surface area contributed by atoms with Gasteiger partial charge in [0.25, 0.3) is 5.69 Å². The maximum absolute atomic E-state index is 10.8. The summed E-state index contributed by atoms with van der Waals surface area (Å²) in [5.74, 6) is 1.30. The molecule has 0 radical (unpaired) electrons. The van der Waals surface area contributed by atoms with Crippen LogP contribution in [0.15, 0.2) is 46.6 Å². The Kier molecular flexibility index (Phi) is 4.75. The van der Waals surface area contributed by atoms with Crippen LogP contribution in [0.4, 0.5) is 11.6 Å². The Morgan fingerprint density at radius 3 is 3.04 bits per heavy atom. The maximum atomic E-state index is 10.8. The van der Waals surface area contributed by atoms with Gasteiger partial charge in [0.2, 0.25) is 17.7 Å². The molecule has 0 fully saturated rings. The molecule has 1 aromatic carbocycles. The van der Waals surface area contributed by atoms with Crippen LogP contribution in [0, 0.1) is 10.1 Å². The molecule has 0 saturated heterocycles. The first-order chi connectivity index (χ1) is 12.1. The smallest absolute Gasteiger partial charge is 0.270 e. The highest BCUT2D eigenvalue weighted by atomic mass is 32.2. The van der Waals surface area contributed by atoms with Gasteiger partial charge in [-0.25, -0.2) is 0 Å². The number of nitro benzene ring substituents is 1. The Balaban J connectivity index is 1.73. The molecular formula is C14H13N7O3S. The second kappa shape index (κ2) is 7.13. The van der Waals surface area contributed by atoms with Crippen LogP contribution in [-0.2, 0) is 12.3 Å². The lowest BCUT2D eigenvalue weighted by Crippen LogP contribution is -2.03. The van der Waals surface area contributed by atoms with Crippen molar-refractivity contribution in [3.63, 3.8) is 0 Å². The van der Waals surface area contributed by atoms with Crippen LogP contribution in [0.1, 0.15) is 5.89 Å². The molecule has 0 amide bonds. The lowest BCUT2D eigenvalue weighted by molar-refractivity contribution is -0.384. The summed E-state index contributed by atoms with van der Waals surface area (Å²) in [5, 5.41) is 23.1. The van der Waals surface area contributed by atoms with Crippen molar-refractivity contribution in [2.45, 2.75) is 17.5 Å². The summed E-state index contributed by atoms with van der Waals surface area (Å²) in [4.78, 5) is 14.6. The molecule has 10 nitrogen and oxygen atoms in total. The minimum atomic E-state index is -0.475. The van der Waals surface area contributed by atoms with Crippen molar-refractivity contribution in [2.24, 2.45) is 0 Å². The number of hydrogen-bond donors (Lipinski definition) is 1. The van der Waals surface area contributed by atoms with Crippen molar-refractivity contribution in [2.75, 3.05) is 5.73 Å². The zero-order valence-electron chi connectivity index (χ0n) is 12.9. The Morgan fingerprint density at radius 2 is 2.28 bits per heavy atom. The minimum absolute atomic E-state index is 0.0359. The van der Waals surface area contributed by atoms with Crippen LogP contribution in [-0.4, -0.2) is 29.8 Å². The van der Waals surface area contributed by atoms with Crippen LogP contribution >= 0.6 is 11.8 Å². The van der Waals surface area contributed by atoms with Gasteiger partial charge in [0.05, 0.1) is 10.7 Å². The van der Waals surface area contributed by atoms with Crippen molar-refractivity contribution in [1.29, 1.82) is 0 Å². The number of nitrogens with two attached hydrogens (primary N) is 1. The highest BCUT2D eigenvalue weighted by Crippen LogP contribution is 2.25. The van der Waals surface area contributed by atoms with Crippen molar-refractivity contribution in [3.05, 3.63) is 52.9 Å². The minimum Gasteiger partial charge on any atom is -0.368 e. The zero-order chi connectivity index (χ0) is 17.8. The van der Waals surface area contributed by atoms with Crippen molar-refractivity contribution in [1.82, 2.24) is 24.9 Å². The highest BCUT2D eigenvalue weighted by Gasteiger charge is 2.15. The maximum Gasteiger partial charge on any atom is 0.270 e. The Bertz CT molecular complexity index is 921. The molecule has 0 aliphatic rings. The Hall–Kier alpha value is -3.21. The van der Waals surface area contributed by atoms with Gasteiger partial charge in [-0.1, -0.05) is 35.1 Å². The molecule has 11 heteroatoms. The quantitative estimate of drug-likeness (QED) is 0.291. The second-order valence-corrected chi connectivity index (χ2v) is 5.79. The molecular weight excluding hydrogens is 346 g/mol. The highest BCUT2D eigenvalue weighted by molar-refractivity contribution is 7.98. The van der Waals surface area contributed by atoms with E-state index in [2.05, 4.69) is 26.9 Å². The lowest BCUT2D eigenvalue weighted by Gasteiger charge is -2.02. The van der Waals surface area contributed by atoms with E-state index in [1.165, 1.54) is 23.9 Å². The molecule has 0 saturated carbocycles. The number of nitrogens with zero attached hydrogens (tertiary/aromatic N) is 6. The van der Waals surface area contributed by atoms with Crippen LogP contribution in [0.5, 0.6) is 0 Å². The third-order valence-corrected chi connectivity index (χ3v) is 4.12. The SMILES string of the molecule is C=CCn1c(N)nnc1SCc1nc(-c2cccc([N+](=O)[O-])c2)no1. The van der Waals surface area contributed by atoms with E-state index >= 15 is 0 Å². The molecule has 2 aromatic heterocycles. The van der Waals surface area contributed by atoms with E-state index in [0.717, 1.165) is 0 Å². The van der Waals surface area contributed by atoms with E-state index in [-0.39, 0.29) is 11.5 Å². The largest absolute Gasteiger partial charge is 0.368 e. The van der Waals surface area contributed by atoms with Crippen molar-refractivity contribution < 1.29 is 9.45 Å². The van der Waals surface area contributed by atoms with Gasteiger partial charge in [-0.05, 0) is 0 Å². The van der Waals surface area contributed by atoms with Crippen molar-refractivity contribution in [3.8, 4) is 11.4 Å². The van der Waals surface area contributed by atoms with Crippen LogP contribution in [0.2, 0.25) is 0 Å². The number of anilines is 1. The normalized spacial score (nSPS) is 10.7. The molecule has 0 spiro atoms. The van der Waals surface area contributed by atoms with E-state index in [4.69, 9.17) is 10.3 Å². The van der Waals surface area contributed by atoms with E-state index in [1.807, 2.05) is 0 Å². The molecule has 2 N–H and O–H groups in total. The molecule has 128 valence electrons. The number of thioether (sulfide) groups is 1. The molecule has 0 aliphatic heterocycles. The first-order valence-electron chi connectivity index (χ1n) is 7.08. The van der Waals surface area contributed by atoms with Gasteiger partial charge in [0, 0.05) is 24.2 Å². The monoisotopic (exact) mass is 359 g/mol. The number of nitrogen functional groups attached to an aromatic ring is 1. The fourth-order valence-electron chi connectivity index (χ4n) is 2.02. The molecule has 0 unspecified atom stereocenters. The number of rotatable bonds is 7. The predicted molar refractivity (Wildman–Crippen MR) is 90.6 cm³/mol. The number of allylic oxidation sites excluding steroid dienone is 1. The fourth-order valence-corrected chi connectivity index (χ4v) is 2.82. The number of nitro groups is 1. The average molecular weight is 359 g/mol. The number of hydrogen-bond acceptors (Lipinski definition) is 9. The van der Waals surface area contributed by atoms with Crippen LogP contribution in [0.25, 0.3) is 11.4 Å². The molecule has 0 atom stereocenters. The molecule has 25 heavy (non-hydrogen) atoms. The summed E-state index contributed by atoms with van der Waals surface area (Å²) < 4.78 is 6.89. The number of benzene rings is 1. The summed E-state index contributed by atoms with van der Waals surface area (Å²) in [5.41, 5.74) is 6.21. The van der Waals surface area contributed by atoms with Gasteiger partial charge in [0.15, 0.2) is 5.16 Å². The summed E-state index contributed by atoms with van der Waals surface area (Å²) in [6.07, 6.45) is 1.69. The Labute approximate surface area is 145 Å². The third-order valence-electron chi connectivity index (χ3n) is 3.17. The zero-order valence-corrected chi connectivity index (χ0v) is 13.7. The van der Waals surface area contributed by atoms with Crippen molar-refractivity contribution >= 4 is 23.4 Å². The summed E-state index contributed by atoms with van der Waals surface area (Å²) in [6, 6.07) is 6.04. The van der Waals surface area contributed by atoms with E-state index in [0.29, 0.717) is 34.9 Å². The van der Waals surface area contributed by atoms with Gasteiger partial charge < -0.3 is 10.3 Å². The van der Waals surface area contributed by atoms with E-state index < -0.39 is 4.92 Å².